The quantitative estimate of drug-likeness (QED) is 0.808. The molecule has 1 saturated heterocycles. The standard InChI is InChI=1S/C16H25N3O2/c1-3-7-18-16(20)15-11-21-9-8-19(15)12(2)13-5-4-6-14(17)10-13/h4-6,10,12,15H,3,7-9,11,17H2,1-2H3,(H,18,20). The lowest BCUT2D eigenvalue weighted by Crippen LogP contribution is -2.54. The molecule has 1 aliphatic heterocycles. The van der Waals surface area contributed by atoms with Crippen LogP contribution in [0.1, 0.15) is 31.9 Å². The van der Waals surface area contributed by atoms with Gasteiger partial charge in [-0.15, -0.1) is 0 Å². The van der Waals surface area contributed by atoms with Gasteiger partial charge in [0.15, 0.2) is 0 Å². The third-order valence-corrected chi connectivity index (χ3v) is 3.91. The Kier molecular flexibility index (Phi) is 5.59. The van der Waals surface area contributed by atoms with Crippen LogP contribution in [-0.4, -0.2) is 43.2 Å². The number of rotatable bonds is 5. The van der Waals surface area contributed by atoms with Crippen molar-refractivity contribution in [2.45, 2.75) is 32.4 Å². The topological polar surface area (TPSA) is 67.6 Å². The summed E-state index contributed by atoms with van der Waals surface area (Å²) in [6.45, 7) is 6.72. The molecule has 0 aromatic heterocycles. The molecule has 0 spiro atoms. The number of benzene rings is 1. The van der Waals surface area contributed by atoms with Gasteiger partial charge >= 0.3 is 0 Å². The van der Waals surface area contributed by atoms with Crippen LogP contribution >= 0.6 is 0 Å². The van der Waals surface area contributed by atoms with Gasteiger partial charge in [-0.3, -0.25) is 9.69 Å². The molecule has 0 saturated carbocycles. The van der Waals surface area contributed by atoms with E-state index in [2.05, 4.69) is 23.2 Å². The second kappa shape index (κ2) is 7.43. The zero-order valence-electron chi connectivity index (χ0n) is 12.8. The van der Waals surface area contributed by atoms with Crippen molar-refractivity contribution >= 4 is 11.6 Å². The van der Waals surface area contributed by atoms with Crippen LogP contribution in [0, 0.1) is 0 Å². The molecule has 5 heteroatoms. The van der Waals surface area contributed by atoms with Gasteiger partial charge in [0.2, 0.25) is 5.91 Å². The first kappa shape index (κ1) is 15.8. The number of nitrogen functional groups attached to an aromatic ring is 1. The van der Waals surface area contributed by atoms with Gasteiger partial charge in [-0.25, -0.2) is 0 Å². The molecule has 0 bridgehead atoms. The van der Waals surface area contributed by atoms with E-state index in [4.69, 9.17) is 10.5 Å². The maximum atomic E-state index is 12.3. The molecule has 1 amide bonds. The van der Waals surface area contributed by atoms with E-state index >= 15 is 0 Å². The molecule has 0 radical (unpaired) electrons. The molecule has 0 aliphatic carbocycles. The Labute approximate surface area is 126 Å². The zero-order chi connectivity index (χ0) is 15.2. The molecular formula is C16H25N3O2. The first-order valence-corrected chi connectivity index (χ1v) is 7.60. The van der Waals surface area contributed by atoms with Crippen LogP contribution in [0.5, 0.6) is 0 Å². The van der Waals surface area contributed by atoms with Crippen LogP contribution in [0.15, 0.2) is 24.3 Å². The average molecular weight is 291 g/mol. The molecule has 116 valence electrons. The molecule has 2 atom stereocenters. The van der Waals surface area contributed by atoms with Gasteiger partial charge in [0, 0.05) is 24.8 Å². The van der Waals surface area contributed by atoms with Crippen molar-refractivity contribution in [2.75, 3.05) is 32.0 Å². The fraction of sp³-hybridized carbons (Fsp3) is 0.562. The number of nitrogens with two attached hydrogens (primary N) is 1. The van der Waals surface area contributed by atoms with Gasteiger partial charge in [-0.05, 0) is 31.0 Å². The van der Waals surface area contributed by atoms with Crippen molar-refractivity contribution < 1.29 is 9.53 Å². The average Bonchev–Trinajstić information content (AvgIpc) is 2.52. The molecule has 1 aromatic rings. The van der Waals surface area contributed by atoms with Gasteiger partial charge in [0.05, 0.1) is 13.2 Å². The number of ether oxygens (including phenoxy) is 1. The van der Waals surface area contributed by atoms with E-state index in [9.17, 15) is 4.79 Å². The summed E-state index contributed by atoms with van der Waals surface area (Å²) in [6.07, 6.45) is 0.935. The van der Waals surface area contributed by atoms with E-state index in [1.54, 1.807) is 0 Å². The molecule has 1 aromatic carbocycles. The monoisotopic (exact) mass is 291 g/mol. The van der Waals surface area contributed by atoms with Crippen molar-refractivity contribution in [3.05, 3.63) is 29.8 Å². The number of amides is 1. The van der Waals surface area contributed by atoms with Gasteiger partial charge in [0.25, 0.3) is 0 Å². The minimum absolute atomic E-state index is 0.0484. The van der Waals surface area contributed by atoms with Crippen LogP contribution in [0.25, 0.3) is 0 Å². The predicted molar refractivity (Wildman–Crippen MR) is 83.9 cm³/mol. The Bertz CT molecular complexity index is 478. The third kappa shape index (κ3) is 3.95. The van der Waals surface area contributed by atoms with Crippen molar-refractivity contribution in [3.63, 3.8) is 0 Å². The summed E-state index contributed by atoms with van der Waals surface area (Å²) in [7, 11) is 0. The fourth-order valence-corrected chi connectivity index (χ4v) is 2.68. The second-order valence-electron chi connectivity index (χ2n) is 5.47. The van der Waals surface area contributed by atoms with E-state index in [0.717, 1.165) is 24.2 Å². The SMILES string of the molecule is CCCNC(=O)C1COCCN1C(C)c1cccc(N)c1. The Hall–Kier alpha value is -1.59. The molecule has 5 nitrogen and oxygen atoms in total. The molecule has 2 rings (SSSR count). The Balaban J connectivity index is 2.12. The van der Waals surface area contributed by atoms with Crippen molar-refractivity contribution in [2.24, 2.45) is 0 Å². The van der Waals surface area contributed by atoms with E-state index in [1.165, 1.54) is 0 Å². The number of nitrogens with zero attached hydrogens (tertiary/aromatic N) is 1. The van der Waals surface area contributed by atoms with E-state index < -0.39 is 0 Å². The molecule has 1 heterocycles. The molecule has 3 N–H and O–H groups in total. The summed E-state index contributed by atoms with van der Waals surface area (Å²) in [6, 6.07) is 7.75. The number of anilines is 1. The Morgan fingerprint density at radius 1 is 1.57 bits per heavy atom. The molecule has 1 fully saturated rings. The first-order valence-electron chi connectivity index (χ1n) is 7.60. The van der Waals surface area contributed by atoms with E-state index in [1.807, 2.05) is 25.1 Å². The highest BCUT2D eigenvalue weighted by atomic mass is 16.5. The minimum atomic E-state index is -0.235. The molecular weight excluding hydrogens is 266 g/mol. The minimum Gasteiger partial charge on any atom is -0.399 e. The van der Waals surface area contributed by atoms with E-state index in [0.29, 0.717) is 19.8 Å². The Morgan fingerprint density at radius 3 is 3.10 bits per heavy atom. The van der Waals surface area contributed by atoms with Gasteiger partial charge < -0.3 is 15.8 Å². The third-order valence-electron chi connectivity index (χ3n) is 3.91. The number of carbonyl (C=O) groups excluding carboxylic acids is 1. The van der Waals surface area contributed by atoms with Crippen LogP contribution in [-0.2, 0) is 9.53 Å². The Morgan fingerprint density at radius 2 is 2.38 bits per heavy atom. The second-order valence-corrected chi connectivity index (χ2v) is 5.47. The van der Waals surface area contributed by atoms with Crippen molar-refractivity contribution in [3.8, 4) is 0 Å². The van der Waals surface area contributed by atoms with Gasteiger partial charge in [-0.1, -0.05) is 19.1 Å². The zero-order valence-corrected chi connectivity index (χ0v) is 12.8. The van der Waals surface area contributed by atoms with Gasteiger partial charge in [0.1, 0.15) is 6.04 Å². The lowest BCUT2D eigenvalue weighted by atomic mass is 10.0. The molecule has 21 heavy (non-hydrogen) atoms. The first-order chi connectivity index (χ1) is 10.1. The van der Waals surface area contributed by atoms with E-state index in [-0.39, 0.29) is 18.0 Å². The number of hydrogen-bond acceptors (Lipinski definition) is 4. The predicted octanol–water partition coefficient (Wildman–Crippen LogP) is 1.56. The summed E-state index contributed by atoms with van der Waals surface area (Å²) in [5.41, 5.74) is 7.74. The van der Waals surface area contributed by atoms with Crippen LogP contribution in [0.2, 0.25) is 0 Å². The van der Waals surface area contributed by atoms with Gasteiger partial charge in [-0.2, -0.15) is 0 Å². The van der Waals surface area contributed by atoms with Crippen LogP contribution in [0.4, 0.5) is 5.69 Å². The summed E-state index contributed by atoms with van der Waals surface area (Å²) in [4.78, 5) is 14.5. The highest BCUT2D eigenvalue weighted by Gasteiger charge is 2.32. The summed E-state index contributed by atoms with van der Waals surface area (Å²) >= 11 is 0. The summed E-state index contributed by atoms with van der Waals surface area (Å²) < 4.78 is 5.50. The fourth-order valence-electron chi connectivity index (χ4n) is 2.68. The summed E-state index contributed by atoms with van der Waals surface area (Å²) in [5.74, 6) is 0.0484. The highest BCUT2D eigenvalue weighted by molar-refractivity contribution is 5.82. The lowest BCUT2D eigenvalue weighted by molar-refractivity contribution is -0.134. The van der Waals surface area contributed by atoms with Crippen molar-refractivity contribution in [1.29, 1.82) is 0 Å². The number of carbonyl (C=O) groups is 1. The largest absolute Gasteiger partial charge is 0.399 e. The number of morpholine rings is 1. The number of nitrogens with one attached hydrogen (secondary N) is 1. The molecule has 2 unspecified atom stereocenters. The summed E-state index contributed by atoms with van der Waals surface area (Å²) in [5, 5.41) is 2.96. The normalized spacial score (nSPS) is 21.0. The van der Waals surface area contributed by atoms with Crippen LogP contribution < -0.4 is 11.1 Å². The highest BCUT2D eigenvalue weighted by Crippen LogP contribution is 2.25. The van der Waals surface area contributed by atoms with Crippen molar-refractivity contribution in [1.82, 2.24) is 10.2 Å². The lowest BCUT2D eigenvalue weighted by Gasteiger charge is -2.38. The molecule has 1 aliphatic rings. The smallest absolute Gasteiger partial charge is 0.239 e. The van der Waals surface area contributed by atoms with Crippen LogP contribution in [0.3, 0.4) is 0 Å². The maximum Gasteiger partial charge on any atom is 0.239 e. The number of hydrogen-bond donors (Lipinski definition) is 2. The maximum absolute atomic E-state index is 12.3.